The van der Waals surface area contributed by atoms with Crippen LogP contribution in [0.2, 0.25) is 0 Å². The first kappa shape index (κ1) is 18.1. The fourth-order valence-corrected chi connectivity index (χ4v) is 4.15. The van der Waals surface area contributed by atoms with Crippen LogP contribution in [0.5, 0.6) is 0 Å². The number of carbonyl (C=O) groups excluding carboxylic acids is 1. The first-order chi connectivity index (χ1) is 13.2. The zero-order chi connectivity index (χ0) is 18.6. The van der Waals surface area contributed by atoms with Gasteiger partial charge in [-0.3, -0.25) is 19.7 Å². The van der Waals surface area contributed by atoms with Crippen LogP contribution < -0.4 is 0 Å². The number of hydrogen-bond donors (Lipinski definition) is 0. The zero-order valence-corrected chi connectivity index (χ0v) is 15.8. The Morgan fingerprint density at radius 2 is 2.07 bits per heavy atom. The number of piperidine rings is 1. The highest BCUT2D eigenvalue weighted by atomic mass is 16.5. The van der Waals surface area contributed by atoms with Crippen molar-refractivity contribution in [2.45, 2.75) is 25.9 Å². The average molecular weight is 366 g/mol. The van der Waals surface area contributed by atoms with E-state index in [2.05, 4.69) is 27.0 Å². The van der Waals surface area contributed by atoms with Gasteiger partial charge in [0.1, 0.15) is 0 Å². The van der Waals surface area contributed by atoms with Gasteiger partial charge in [-0.1, -0.05) is 0 Å². The van der Waals surface area contributed by atoms with Crippen LogP contribution in [0.1, 0.15) is 28.0 Å². The van der Waals surface area contributed by atoms with Crippen molar-refractivity contribution in [2.24, 2.45) is 5.92 Å². The maximum absolute atomic E-state index is 13.1. The molecule has 2 aliphatic heterocycles. The Morgan fingerprint density at radius 1 is 1.22 bits per heavy atom. The van der Waals surface area contributed by atoms with Crippen LogP contribution in [-0.2, 0) is 11.3 Å². The Labute approximate surface area is 160 Å². The van der Waals surface area contributed by atoms with Crippen LogP contribution in [0, 0.1) is 12.8 Å². The number of rotatable bonds is 3. The topological polar surface area (TPSA) is 58.6 Å². The van der Waals surface area contributed by atoms with E-state index in [9.17, 15) is 4.79 Å². The van der Waals surface area contributed by atoms with Crippen molar-refractivity contribution >= 4 is 5.91 Å². The highest BCUT2D eigenvalue weighted by molar-refractivity contribution is 5.95. The first-order valence-corrected chi connectivity index (χ1v) is 9.64. The van der Waals surface area contributed by atoms with Gasteiger partial charge < -0.3 is 9.64 Å². The molecule has 0 saturated carbocycles. The standard InChI is InChI=1S/C21H26N4O2/c1-16-19(3-2-7-23-16)21(26)25-10-6-18-15-27-12-11-24(20(18)14-25)13-17-4-8-22-9-5-17/h2-5,7-9,18,20H,6,10-15H2,1H3/t18-,20-/m1/s1. The van der Waals surface area contributed by atoms with E-state index in [4.69, 9.17) is 4.74 Å². The number of fused-ring (bicyclic) bond motifs is 1. The molecular formula is C21H26N4O2. The smallest absolute Gasteiger partial charge is 0.255 e. The molecule has 27 heavy (non-hydrogen) atoms. The summed E-state index contributed by atoms with van der Waals surface area (Å²) in [5.41, 5.74) is 2.75. The van der Waals surface area contributed by atoms with Gasteiger partial charge in [0.05, 0.1) is 18.8 Å². The number of pyridine rings is 2. The molecule has 0 bridgehead atoms. The molecule has 0 spiro atoms. The van der Waals surface area contributed by atoms with E-state index in [0.717, 1.165) is 51.5 Å². The van der Waals surface area contributed by atoms with E-state index in [1.807, 2.05) is 36.4 Å². The summed E-state index contributed by atoms with van der Waals surface area (Å²) in [5, 5.41) is 0. The highest BCUT2D eigenvalue weighted by Crippen LogP contribution is 2.27. The number of hydrogen-bond acceptors (Lipinski definition) is 5. The predicted molar refractivity (Wildman–Crippen MR) is 102 cm³/mol. The maximum atomic E-state index is 13.1. The molecule has 2 aromatic rings. The lowest BCUT2D eigenvalue weighted by molar-refractivity contribution is 0.0370. The molecule has 2 atom stereocenters. The molecule has 2 aromatic heterocycles. The molecule has 1 amide bonds. The van der Waals surface area contributed by atoms with E-state index in [1.165, 1.54) is 5.56 Å². The number of ether oxygens (including phenoxy) is 1. The lowest BCUT2D eigenvalue weighted by Gasteiger charge is -2.42. The minimum Gasteiger partial charge on any atom is -0.380 e. The molecule has 0 radical (unpaired) electrons. The molecule has 2 saturated heterocycles. The summed E-state index contributed by atoms with van der Waals surface area (Å²) in [7, 11) is 0. The molecule has 0 unspecified atom stereocenters. The molecular weight excluding hydrogens is 340 g/mol. The van der Waals surface area contributed by atoms with Gasteiger partial charge >= 0.3 is 0 Å². The van der Waals surface area contributed by atoms with Crippen molar-refractivity contribution in [3.05, 3.63) is 59.7 Å². The van der Waals surface area contributed by atoms with E-state index in [-0.39, 0.29) is 5.91 Å². The second kappa shape index (κ2) is 8.15. The zero-order valence-electron chi connectivity index (χ0n) is 15.8. The third-order valence-electron chi connectivity index (χ3n) is 5.70. The van der Waals surface area contributed by atoms with Gasteiger partial charge in [-0.25, -0.2) is 0 Å². The lowest BCUT2D eigenvalue weighted by atomic mass is 9.90. The van der Waals surface area contributed by atoms with Gasteiger partial charge in [0, 0.05) is 62.4 Å². The van der Waals surface area contributed by atoms with E-state index in [1.54, 1.807) is 6.20 Å². The largest absolute Gasteiger partial charge is 0.380 e. The molecule has 4 heterocycles. The van der Waals surface area contributed by atoms with Crippen LogP contribution in [-0.4, -0.2) is 64.6 Å². The van der Waals surface area contributed by atoms with Gasteiger partial charge in [-0.2, -0.15) is 0 Å². The third kappa shape index (κ3) is 4.01. The minimum absolute atomic E-state index is 0.0908. The third-order valence-corrected chi connectivity index (χ3v) is 5.70. The molecule has 6 heteroatoms. The molecule has 0 aliphatic carbocycles. The van der Waals surface area contributed by atoms with Crippen LogP contribution >= 0.6 is 0 Å². The lowest BCUT2D eigenvalue weighted by Crippen LogP contribution is -2.54. The fraction of sp³-hybridized carbons (Fsp3) is 0.476. The maximum Gasteiger partial charge on any atom is 0.255 e. The van der Waals surface area contributed by atoms with Crippen molar-refractivity contribution < 1.29 is 9.53 Å². The summed E-state index contributed by atoms with van der Waals surface area (Å²) in [5.74, 6) is 0.557. The second-order valence-corrected chi connectivity index (χ2v) is 7.40. The fourth-order valence-electron chi connectivity index (χ4n) is 4.15. The van der Waals surface area contributed by atoms with E-state index < -0.39 is 0 Å². The Kier molecular flexibility index (Phi) is 5.45. The first-order valence-electron chi connectivity index (χ1n) is 9.64. The molecule has 2 aliphatic rings. The molecule has 0 N–H and O–H groups in total. The summed E-state index contributed by atoms with van der Waals surface area (Å²) < 4.78 is 5.86. The number of amides is 1. The van der Waals surface area contributed by atoms with Crippen molar-refractivity contribution in [1.29, 1.82) is 0 Å². The van der Waals surface area contributed by atoms with Gasteiger partial charge in [-0.15, -0.1) is 0 Å². The average Bonchev–Trinajstić information content (AvgIpc) is 2.90. The van der Waals surface area contributed by atoms with Crippen LogP contribution in [0.4, 0.5) is 0 Å². The molecule has 6 nitrogen and oxygen atoms in total. The van der Waals surface area contributed by atoms with Crippen molar-refractivity contribution in [3.8, 4) is 0 Å². The van der Waals surface area contributed by atoms with Gasteiger partial charge in [0.15, 0.2) is 0 Å². The molecule has 0 aromatic carbocycles. The second-order valence-electron chi connectivity index (χ2n) is 7.40. The van der Waals surface area contributed by atoms with Crippen molar-refractivity contribution in [1.82, 2.24) is 19.8 Å². The number of likely N-dealkylation sites (tertiary alicyclic amines) is 1. The number of nitrogens with zero attached hydrogens (tertiary/aromatic N) is 4. The van der Waals surface area contributed by atoms with Crippen LogP contribution in [0.25, 0.3) is 0 Å². The Bertz CT molecular complexity index is 783. The van der Waals surface area contributed by atoms with Gasteiger partial charge in [0.2, 0.25) is 0 Å². The van der Waals surface area contributed by atoms with Crippen LogP contribution in [0.15, 0.2) is 42.9 Å². The summed E-state index contributed by atoms with van der Waals surface area (Å²) in [6.07, 6.45) is 6.38. The monoisotopic (exact) mass is 366 g/mol. The van der Waals surface area contributed by atoms with E-state index >= 15 is 0 Å². The number of aromatic nitrogens is 2. The summed E-state index contributed by atoms with van der Waals surface area (Å²) in [4.78, 5) is 25.9. The minimum atomic E-state index is 0.0908. The SMILES string of the molecule is Cc1ncccc1C(=O)N1CC[C@@H]2COCCN(Cc3ccncc3)[C@@H]2C1. The molecule has 2 fully saturated rings. The van der Waals surface area contributed by atoms with Crippen molar-refractivity contribution in [3.63, 3.8) is 0 Å². The number of aryl methyl sites for hydroxylation is 1. The van der Waals surface area contributed by atoms with E-state index in [0.29, 0.717) is 17.5 Å². The van der Waals surface area contributed by atoms with Crippen LogP contribution in [0.3, 0.4) is 0 Å². The quantitative estimate of drug-likeness (QED) is 0.833. The summed E-state index contributed by atoms with van der Waals surface area (Å²) >= 11 is 0. The Morgan fingerprint density at radius 3 is 2.89 bits per heavy atom. The normalized spacial score (nSPS) is 23.5. The summed E-state index contributed by atoms with van der Waals surface area (Å²) in [6, 6.07) is 8.15. The van der Waals surface area contributed by atoms with Gasteiger partial charge in [0.25, 0.3) is 5.91 Å². The molecule has 142 valence electrons. The Hall–Kier alpha value is -2.31. The van der Waals surface area contributed by atoms with Crippen molar-refractivity contribution in [2.75, 3.05) is 32.8 Å². The molecule has 4 rings (SSSR count). The predicted octanol–water partition coefficient (Wildman–Crippen LogP) is 2.15. The van der Waals surface area contributed by atoms with Gasteiger partial charge in [-0.05, 0) is 43.2 Å². The highest BCUT2D eigenvalue weighted by Gasteiger charge is 2.37. The number of carbonyl (C=O) groups is 1. The summed E-state index contributed by atoms with van der Waals surface area (Å²) in [6.45, 7) is 6.69. The Balaban J connectivity index is 1.53.